The topological polar surface area (TPSA) is 59.0 Å². The van der Waals surface area contributed by atoms with Gasteiger partial charge in [-0.15, -0.1) is 10.2 Å². The van der Waals surface area contributed by atoms with Gasteiger partial charge in [0, 0.05) is 24.5 Å². The summed E-state index contributed by atoms with van der Waals surface area (Å²) in [5, 5.41) is 10.2. The first kappa shape index (κ1) is 17.5. The van der Waals surface area contributed by atoms with Crippen molar-refractivity contribution >= 4 is 34.0 Å². The van der Waals surface area contributed by atoms with E-state index in [4.69, 9.17) is 11.6 Å². The third-order valence-corrected chi connectivity index (χ3v) is 4.79. The number of halogens is 1. The number of anilines is 1. The summed E-state index contributed by atoms with van der Waals surface area (Å²) >= 11 is 7.58. The van der Waals surface area contributed by atoms with E-state index in [0.717, 1.165) is 10.6 Å². The average molecular weight is 373 g/mol. The Hall–Kier alpha value is -2.31. The summed E-state index contributed by atoms with van der Waals surface area (Å²) in [6, 6.07) is 10.8. The van der Waals surface area contributed by atoms with Crippen molar-refractivity contribution in [3.8, 4) is 10.6 Å². The normalized spacial score (nSPS) is 10.9. The Kier molecular flexibility index (Phi) is 5.40. The van der Waals surface area contributed by atoms with Gasteiger partial charge in [-0.1, -0.05) is 48.9 Å². The van der Waals surface area contributed by atoms with Gasteiger partial charge in [0.1, 0.15) is 5.01 Å². The Bertz CT molecular complexity index is 866. The fourth-order valence-corrected chi connectivity index (χ4v) is 3.40. The van der Waals surface area contributed by atoms with Crippen LogP contribution in [0.25, 0.3) is 10.6 Å². The van der Waals surface area contributed by atoms with E-state index in [0.29, 0.717) is 22.3 Å². The second-order valence-corrected chi connectivity index (χ2v) is 7.28. The van der Waals surface area contributed by atoms with E-state index in [1.807, 2.05) is 12.1 Å². The summed E-state index contributed by atoms with van der Waals surface area (Å²) in [6.07, 6.45) is 3.41. The van der Waals surface area contributed by atoms with Crippen molar-refractivity contribution in [3.05, 3.63) is 59.4 Å². The number of pyridine rings is 1. The Labute approximate surface area is 155 Å². The molecule has 1 amide bonds. The highest BCUT2D eigenvalue weighted by Crippen LogP contribution is 2.30. The summed E-state index contributed by atoms with van der Waals surface area (Å²) in [4.78, 5) is 18.7. The number of rotatable bonds is 5. The van der Waals surface area contributed by atoms with Gasteiger partial charge in [-0.2, -0.15) is 0 Å². The molecule has 2 heterocycles. The molecule has 25 heavy (non-hydrogen) atoms. The molecule has 1 aromatic carbocycles. The Morgan fingerprint density at radius 3 is 2.56 bits per heavy atom. The van der Waals surface area contributed by atoms with Crippen LogP contribution in [0.1, 0.15) is 24.2 Å². The summed E-state index contributed by atoms with van der Waals surface area (Å²) in [5.41, 5.74) is 1.39. The first-order valence-corrected chi connectivity index (χ1v) is 9.06. The van der Waals surface area contributed by atoms with E-state index in [-0.39, 0.29) is 11.8 Å². The molecular weight excluding hydrogens is 356 g/mol. The van der Waals surface area contributed by atoms with Crippen LogP contribution in [-0.2, 0) is 0 Å². The van der Waals surface area contributed by atoms with Gasteiger partial charge in [-0.05, 0) is 30.2 Å². The van der Waals surface area contributed by atoms with Crippen molar-refractivity contribution in [1.82, 2.24) is 15.2 Å². The van der Waals surface area contributed by atoms with Gasteiger partial charge in [-0.25, -0.2) is 0 Å². The molecule has 0 bridgehead atoms. The third-order valence-electron chi connectivity index (χ3n) is 3.47. The Balaban J connectivity index is 1.95. The van der Waals surface area contributed by atoms with E-state index in [2.05, 4.69) is 29.0 Å². The van der Waals surface area contributed by atoms with Crippen molar-refractivity contribution in [3.63, 3.8) is 0 Å². The fourth-order valence-electron chi connectivity index (χ4n) is 2.33. The van der Waals surface area contributed by atoms with Crippen molar-refractivity contribution in [2.24, 2.45) is 5.92 Å². The van der Waals surface area contributed by atoms with Gasteiger partial charge in [0.25, 0.3) is 5.91 Å². The predicted octanol–water partition coefficient (Wildman–Crippen LogP) is 4.56. The number of carbonyl (C=O) groups is 1. The van der Waals surface area contributed by atoms with Gasteiger partial charge < -0.3 is 0 Å². The second kappa shape index (κ2) is 7.72. The van der Waals surface area contributed by atoms with Crippen molar-refractivity contribution in [1.29, 1.82) is 0 Å². The van der Waals surface area contributed by atoms with Crippen molar-refractivity contribution in [2.75, 3.05) is 11.4 Å². The third kappa shape index (κ3) is 4.03. The predicted molar refractivity (Wildman–Crippen MR) is 101 cm³/mol. The second-order valence-electron chi connectivity index (χ2n) is 5.92. The van der Waals surface area contributed by atoms with Crippen molar-refractivity contribution in [2.45, 2.75) is 13.8 Å². The number of hydrogen-bond donors (Lipinski definition) is 0. The summed E-state index contributed by atoms with van der Waals surface area (Å²) in [6.45, 7) is 4.64. The molecule has 128 valence electrons. The highest BCUT2D eigenvalue weighted by Gasteiger charge is 2.24. The fraction of sp³-hybridized carbons (Fsp3) is 0.222. The number of carbonyl (C=O) groups excluding carboxylic acids is 1. The summed E-state index contributed by atoms with van der Waals surface area (Å²) < 4.78 is 0. The van der Waals surface area contributed by atoms with Crippen LogP contribution in [0.5, 0.6) is 0 Å². The zero-order valence-corrected chi connectivity index (χ0v) is 15.5. The molecule has 3 rings (SSSR count). The lowest BCUT2D eigenvalue weighted by Crippen LogP contribution is -2.34. The maximum Gasteiger partial charge on any atom is 0.261 e. The van der Waals surface area contributed by atoms with Crippen LogP contribution in [-0.4, -0.2) is 27.6 Å². The molecule has 0 spiro atoms. The lowest BCUT2D eigenvalue weighted by Gasteiger charge is -2.21. The maximum absolute atomic E-state index is 13.0. The van der Waals surface area contributed by atoms with Crippen LogP contribution < -0.4 is 4.90 Å². The van der Waals surface area contributed by atoms with Gasteiger partial charge in [0.15, 0.2) is 0 Å². The molecule has 0 N–H and O–H groups in total. The van der Waals surface area contributed by atoms with Crippen LogP contribution in [0.2, 0.25) is 5.02 Å². The molecule has 3 aromatic rings. The van der Waals surface area contributed by atoms with Crippen LogP contribution in [0.4, 0.5) is 5.13 Å². The van der Waals surface area contributed by atoms with Gasteiger partial charge in [0.05, 0.1) is 10.6 Å². The number of nitrogens with zero attached hydrogens (tertiary/aromatic N) is 4. The molecular formula is C18H17ClN4OS. The first-order valence-electron chi connectivity index (χ1n) is 7.86. The highest BCUT2D eigenvalue weighted by molar-refractivity contribution is 7.18. The smallest absolute Gasteiger partial charge is 0.261 e. The molecule has 7 heteroatoms. The molecule has 0 atom stereocenters. The summed E-state index contributed by atoms with van der Waals surface area (Å²) in [7, 11) is 0. The molecule has 0 aliphatic heterocycles. The van der Waals surface area contributed by atoms with Crippen molar-refractivity contribution < 1.29 is 4.79 Å². The molecule has 5 nitrogen and oxygen atoms in total. The van der Waals surface area contributed by atoms with Gasteiger partial charge in [0.2, 0.25) is 5.13 Å². The van der Waals surface area contributed by atoms with Crippen LogP contribution in [0.3, 0.4) is 0 Å². The molecule has 0 fully saturated rings. The minimum Gasteiger partial charge on any atom is -0.282 e. The molecule has 0 saturated carbocycles. The highest BCUT2D eigenvalue weighted by atomic mass is 35.5. The lowest BCUT2D eigenvalue weighted by molar-refractivity contribution is 0.0984. The number of hydrogen-bond acceptors (Lipinski definition) is 5. The van der Waals surface area contributed by atoms with E-state index in [1.54, 1.807) is 41.6 Å². The summed E-state index contributed by atoms with van der Waals surface area (Å²) in [5.74, 6) is 0.108. The molecule has 0 unspecified atom stereocenters. The minimum atomic E-state index is -0.170. The first-order chi connectivity index (χ1) is 12.1. The van der Waals surface area contributed by atoms with Crippen LogP contribution in [0, 0.1) is 5.92 Å². The van der Waals surface area contributed by atoms with Gasteiger partial charge >= 0.3 is 0 Å². The van der Waals surface area contributed by atoms with E-state index < -0.39 is 0 Å². The largest absolute Gasteiger partial charge is 0.282 e. The molecule has 0 saturated heterocycles. The quantitative estimate of drug-likeness (QED) is 0.658. The number of amides is 1. The molecule has 2 aromatic heterocycles. The zero-order chi connectivity index (χ0) is 17.8. The molecule has 0 aliphatic carbocycles. The minimum absolute atomic E-state index is 0.170. The van der Waals surface area contributed by atoms with Gasteiger partial charge in [-0.3, -0.25) is 14.7 Å². The standard InChI is InChI=1S/C18H17ClN4OS/c1-12(2)11-23(17(24)14-5-3-4-6-15(14)19)18-22-21-16(25-18)13-7-9-20-10-8-13/h3-10,12H,11H2,1-2H3. The number of aromatic nitrogens is 3. The van der Waals surface area contributed by atoms with Crippen LogP contribution >= 0.6 is 22.9 Å². The van der Waals surface area contributed by atoms with E-state index in [9.17, 15) is 4.79 Å². The Morgan fingerprint density at radius 1 is 1.16 bits per heavy atom. The van der Waals surface area contributed by atoms with E-state index in [1.165, 1.54) is 11.3 Å². The SMILES string of the molecule is CC(C)CN(C(=O)c1ccccc1Cl)c1nnc(-c2ccncc2)s1. The molecule has 0 aliphatic rings. The van der Waals surface area contributed by atoms with Crippen LogP contribution in [0.15, 0.2) is 48.8 Å². The lowest BCUT2D eigenvalue weighted by atomic mass is 10.1. The maximum atomic E-state index is 13.0. The Morgan fingerprint density at radius 2 is 1.88 bits per heavy atom. The zero-order valence-electron chi connectivity index (χ0n) is 13.9. The molecule has 0 radical (unpaired) electrons. The van der Waals surface area contributed by atoms with E-state index >= 15 is 0 Å². The average Bonchev–Trinajstić information content (AvgIpc) is 3.10. The number of benzene rings is 1. The monoisotopic (exact) mass is 372 g/mol.